The molecule has 0 saturated heterocycles. The summed E-state index contributed by atoms with van der Waals surface area (Å²) < 4.78 is 14.8. The summed E-state index contributed by atoms with van der Waals surface area (Å²) >= 11 is 1.42. The van der Waals surface area contributed by atoms with E-state index in [0.717, 1.165) is 28.2 Å². The summed E-state index contributed by atoms with van der Waals surface area (Å²) in [6.45, 7) is 6.23. The first-order valence-electron chi connectivity index (χ1n) is 7.59. The smallest absolute Gasteiger partial charge is 0.266 e. The van der Waals surface area contributed by atoms with Gasteiger partial charge in [-0.25, -0.2) is 4.39 Å². The number of carbonyl (C=O) groups excluding carboxylic acids is 1. The second-order valence-corrected chi connectivity index (χ2v) is 6.63. The van der Waals surface area contributed by atoms with E-state index in [-0.39, 0.29) is 11.7 Å². The number of anilines is 1. The molecule has 1 aromatic carbocycles. The third kappa shape index (κ3) is 3.23. The van der Waals surface area contributed by atoms with Crippen molar-refractivity contribution in [2.75, 3.05) is 5.32 Å². The van der Waals surface area contributed by atoms with Gasteiger partial charge in [-0.1, -0.05) is 12.1 Å². The predicted octanol–water partition coefficient (Wildman–Crippen LogP) is 4.31. The molecule has 0 atom stereocenters. The molecule has 0 aliphatic carbocycles. The molecule has 6 heteroatoms. The van der Waals surface area contributed by atoms with E-state index in [2.05, 4.69) is 10.4 Å². The van der Waals surface area contributed by atoms with Crippen molar-refractivity contribution in [3.8, 4) is 0 Å². The Morgan fingerprint density at radius 3 is 2.54 bits per heavy atom. The monoisotopic (exact) mass is 343 g/mol. The number of benzene rings is 1. The van der Waals surface area contributed by atoms with Crippen LogP contribution in [0.1, 0.15) is 32.2 Å². The molecule has 0 saturated carbocycles. The summed E-state index contributed by atoms with van der Waals surface area (Å²) in [5.74, 6) is -0.374. The van der Waals surface area contributed by atoms with E-state index in [1.807, 2.05) is 36.9 Å². The van der Waals surface area contributed by atoms with Crippen molar-refractivity contribution in [1.82, 2.24) is 9.78 Å². The molecular formula is C18H18FN3OS. The molecule has 3 aromatic rings. The molecule has 0 aliphatic rings. The van der Waals surface area contributed by atoms with E-state index in [1.165, 1.54) is 23.5 Å². The average molecular weight is 343 g/mol. The van der Waals surface area contributed by atoms with Crippen LogP contribution in [0.5, 0.6) is 0 Å². The molecule has 2 heterocycles. The number of aromatic nitrogens is 2. The molecular weight excluding hydrogens is 325 g/mol. The van der Waals surface area contributed by atoms with Crippen LogP contribution in [0, 0.1) is 26.6 Å². The number of amides is 1. The van der Waals surface area contributed by atoms with E-state index >= 15 is 0 Å². The number of hydrogen-bond acceptors (Lipinski definition) is 3. The molecule has 0 unspecified atom stereocenters. The molecule has 0 bridgehead atoms. The molecule has 0 radical (unpaired) electrons. The normalized spacial score (nSPS) is 10.8. The molecule has 0 fully saturated rings. The summed E-state index contributed by atoms with van der Waals surface area (Å²) in [6.07, 6.45) is 0. The summed E-state index contributed by atoms with van der Waals surface area (Å²) in [5.41, 5.74) is 4.28. The largest absolute Gasteiger partial charge is 0.318 e. The Kier molecular flexibility index (Phi) is 4.49. The van der Waals surface area contributed by atoms with Gasteiger partial charge >= 0.3 is 0 Å². The zero-order valence-electron chi connectivity index (χ0n) is 13.8. The van der Waals surface area contributed by atoms with Gasteiger partial charge in [-0.3, -0.25) is 9.48 Å². The average Bonchev–Trinajstić information content (AvgIpc) is 3.08. The molecule has 1 amide bonds. The van der Waals surface area contributed by atoms with Crippen molar-refractivity contribution in [1.29, 1.82) is 0 Å². The zero-order chi connectivity index (χ0) is 17.3. The van der Waals surface area contributed by atoms with E-state index in [4.69, 9.17) is 0 Å². The fraction of sp³-hybridized carbons (Fsp3) is 0.222. The minimum atomic E-state index is -0.258. The number of hydrogen-bond donors (Lipinski definition) is 1. The number of thiophene rings is 1. The second kappa shape index (κ2) is 6.57. The number of halogens is 1. The highest BCUT2D eigenvalue weighted by Gasteiger charge is 2.17. The molecule has 1 N–H and O–H groups in total. The van der Waals surface area contributed by atoms with E-state index in [1.54, 1.807) is 12.1 Å². The third-order valence-electron chi connectivity index (χ3n) is 3.93. The van der Waals surface area contributed by atoms with Crippen molar-refractivity contribution in [2.45, 2.75) is 27.3 Å². The Labute approximate surface area is 143 Å². The van der Waals surface area contributed by atoms with Gasteiger partial charge in [0.05, 0.1) is 28.5 Å². The lowest BCUT2D eigenvalue weighted by atomic mass is 10.2. The van der Waals surface area contributed by atoms with Gasteiger partial charge in [0, 0.05) is 0 Å². The van der Waals surface area contributed by atoms with Gasteiger partial charge in [0.1, 0.15) is 5.82 Å². The number of nitrogens with zero attached hydrogens (tertiary/aromatic N) is 2. The van der Waals surface area contributed by atoms with Crippen LogP contribution in [-0.2, 0) is 6.54 Å². The first-order chi connectivity index (χ1) is 11.5. The topological polar surface area (TPSA) is 46.9 Å². The highest BCUT2D eigenvalue weighted by atomic mass is 32.1. The van der Waals surface area contributed by atoms with Crippen molar-refractivity contribution < 1.29 is 9.18 Å². The second-order valence-electron chi connectivity index (χ2n) is 5.72. The molecule has 24 heavy (non-hydrogen) atoms. The van der Waals surface area contributed by atoms with Gasteiger partial charge in [0.2, 0.25) is 0 Å². The summed E-state index contributed by atoms with van der Waals surface area (Å²) in [4.78, 5) is 13.1. The van der Waals surface area contributed by atoms with Crippen molar-refractivity contribution >= 4 is 22.9 Å². The lowest BCUT2D eigenvalue weighted by molar-refractivity contribution is 0.103. The quantitative estimate of drug-likeness (QED) is 0.767. The van der Waals surface area contributed by atoms with Crippen molar-refractivity contribution in [3.63, 3.8) is 0 Å². The standard InChI is InChI=1S/C18H18FN3OS/c1-11-8-9-24-17(11)18(23)20-16-12(2)21-22(13(16)3)10-14-4-6-15(19)7-5-14/h4-9H,10H2,1-3H3,(H,20,23). The predicted molar refractivity (Wildman–Crippen MR) is 94.2 cm³/mol. The molecule has 3 rings (SSSR count). The first kappa shape index (κ1) is 16.4. The van der Waals surface area contributed by atoms with E-state index in [9.17, 15) is 9.18 Å². The fourth-order valence-corrected chi connectivity index (χ4v) is 3.39. The van der Waals surface area contributed by atoms with Crippen LogP contribution >= 0.6 is 11.3 Å². The Bertz CT molecular complexity index is 880. The van der Waals surface area contributed by atoms with Gasteiger partial charge < -0.3 is 5.32 Å². The lowest BCUT2D eigenvalue weighted by Gasteiger charge is -2.07. The molecule has 4 nitrogen and oxygen atoms in total. The number of carbonyl (C=O) groups is 1. The first-order valence-corrected chi connectivity index (χ1v) is 8.47. The highest BCUT2D eigenvalue weighted by molar-refractivity contribution is 7.12. The van der Waals surface area contributed by atoms with E-state index in [0.29, 0.717) is 11.4 Å². The van der Waals surface area contributed by atoms with Crippen molar-refractivity contribution in [3.05, 3.63) is 68.9 Å². The number of aryl methyl sites for hydroxylation is 2. The molecule has 0 spiro atoms. The van der Waals surface area contributed by atoms with Crippen LogP contribution in [-0.4, -0.2) is 15.7 Å². The fourth-order valence-electron chi connectivity index (χ4n) is 2.57. The van der Waals surface area contributed by atoms with Crippen LogP contribution in [0.15, 0.2) is 35.7 Å². The van der Waals surface area contributed by atoms with Gasteiger partial charge in [-0.05, 0) is 55.5 Å². The number of rotatable bonds is 4. The Morgan fingerprint density at radius 1 is 1.21 bits per heavy atom. The SMILES string of the molecule is Cc1ccsc1C(=O)Nc1c(C)nn(Cc2ccc(F)cc2)c1C. The maximum atomic E-state index is 13.0. The molecule has 2 aromatic heterocycles. The minimum Gasteiger partial charge on any atom is -0.318 e. The van der Waals surface area contributed by atoms with Crippen LogP contribution < -0.4 is 5.32 Å². The molecule has 124 valence electrons. The number of nitrogens with one attached hydrogen (secondary N) is 1. The maximum absolute atomic E-state index is 13.0. The Hall–Kier alpha value is -2.47. The molecule has 0 aliphatic heterocycles. The van der Waals surface area contributed by atoms with Crippen LogP contribution in [0.25, 0.3) is 0 Å². The lowest BCUT2D eigenvalue weighted by Crippen LogP contribution is -2.13. The van der Waals surface area contributed by atoms with Crippen molar-refractivity contribution in [2.24, 2.45) is 0 Å². The Morgan fingerprint density at radius 2 is 1.92 bits per heavy atom. The zero-order valence-corrected chi connectivity index (χ0v) is 14.6. The summed E-state index contributed by atoms with van der Waals surface area (Å²) in [7, 11) is 0. The van der Waals surface area contributed by atoms with Gasteiger partial charge in [0.25, 0.3) is 5.91 Å². The van der Waals surface area contributed by atoms with Crippen LogP contribution in [0.4, 0.5) is 10.1 Å². The van der Waals surface area contributed by atoms with Crippen LogP contribution in [0.2, 0.25) is 0 Å². The highest BCUT2D eigenvalue weighted by Crippen LogP contribution is 2.23. The maximum Gasteiger partial charge on any atom is 0.266 e. The summed E-state index contributed by atoms with van der Waals surface area (Å²) in [6, 6.07) is 8.27. The summed E-state index contributed by atoms with van der Waals surface area (Å²) in [5, 5.41) is 9.37. The third-order valence-corrected chi connectivity index (χ3v) is 4.95. The Balaban J connectivity index is 1.82. The van der Waals surface area contributed by atoms with Gasteiger partial charge in [0.15, 0.2) is 0 Å². The van der Waals surface area contributed by atoms with Gasteiger partial charge in [-0.2, -0.15) is 5.10 Å². The van der Waals surface area contributed by atoms with Crippen LogP contribution in [0.3, 0.4) is 0 Å². The minimum absolute atomic E-state index is 0.116. The van der Waals surface area contributed by atoms with E-state index < -0.39 is 0 Å². The van der Waals surface area contributed by atoms with Gasteiger partial charge in [-0.15, -0.1) is 11.3 Å².